The van der Waals surface area contributed by atoms with Gasteiger partial charge in [-0.25, -0.2) is 26.8 Å². The van der Waals surface area contributed by atoms with E-state index in [0.29, 0.717) is 30.4 Å². The number of nitriles is 1. The lowest BCUT2D eigenvalue weighted by Crippen LogP contribution is -2.36. The van der Waals surface area contributed by atoms with Gasteiger partial charge in [-0.3, -0.25) is 0 Å². The average molecular weight is 529 g/mol. The molecule has 2 aromatic carbocycles. The number of nitrogens with zero attached hydrogens (tertiary/aromatic N) is 5. The summed E-state index contributed by atoms with van der Waals surface area (Å²) in [6, 6.07) is 15.5. The maximum absolute atomic E-state index is 12.1. The Bertz CT molecular complexity index is 1480. The molecule has 0 bridgehead atoms. The Kier molecular flexibility index (Phi) is 7.11. The van der Waals surface area contributed by atoms with Crippen molar-refractivity contribution in [2.45, 2.75) is 0 Å². The number of benzene rings is 2. The van der Waals surface area contributed by atoms with Crippen LogP contribution in [0, 0.1) is 11.3 Å². The highest BCUT2D eigenvalue weighted by molar-refractivity contribution is 8.09. The Morgan fingerprint density at radius 2 is 1.67 bits per heavy atom. The summed E-state index contributed by atoms with van der Waals surface area (Å²) >= 11 is 0. The molecule has 4 rings (SSSR count). The maximum atomic E-state index is 12.1. The summed E-state index contributed by atoms with van der Waals surface area (Å²) < 4.78 is 54.2. The zero-order valence-corrected chi connectivity index (χ0v) is 21.3. The molecule has 1 fully saturated rings. The standard InChI is InChI=1S/C23H24N6O5S2/c1-35(30,31)29(36(2,32)33)22-8-3-17(15-18(22)16-24)21-9-10-25-23(27-21)26-19-4-6-20(7-5-19)28-11-13-34-14-12-28/h3-10,15H,11-14H2,1-2H3,(H,25,26,27). The molecule has 1 N–H and O–H groups in total. The third-order valence-electron chi connectivity index (χ3n) is 5.37. The minimum Gasteiger partial charge on any atom is -0.378 e. The number of ether oxygens (including phenoxy) is 1. The van der Waals surface area contributed by atoms with Gasteiger partial charge in [0.1, 0.15) is 6.07 Å². The van der Waals surface area contributed by atoms with Gasteiger partial charge in [0.15, 0.2) is 0 Å². The zero-order valence-electron chi connectivity index (χ0n) is 19.6. The fraction of sp³-hybridized carbons (Fsp3) is 0.261. The molecule has 0 spiro atoms. The van der Waals surface area contributed by atoms with Crippen LogP contribution in [-0.4, -0.2) is 65.6 Å². The Hall–Kier alpha value is -3.73. The Balaban J connectivity index is 1.59. The summed E-state index contributed by atoms with van der Waals surface area (Å²) in [7, 11) is -8.38. The van der Waals surface area contributed by atoms with Crippen LogP contribution in [0.5, 0.6) is 0 Å². The highest BCUT2D eigenvalue weighted by Crippen LogP contribution is 2.30. The monoisotopic (exact) mass is 528 g/mol. The molecule has 0 unspecified atom stereocenters. The third kappa shape index (κ3) is 5.73. The van der Waals surface area contributed by atoms with Gasteiger partial charge in [0.25, 0.3) is 0 Å². The molecule has 0 radical (unpaired) electrons. The summed E-state index contributed by atoms with van der Waals surface area (Å²) in [6.07, 6.45) is 3.07. The third-order valence-corrected chi connectivity index (χ3v) is 8.59. The number of hydrogen-bond acceptors (Lipinski definition) is 10. The van der Waals surface area contributed by atoms with E-state index in [2.05, 4.69) is 20.2 Å². The molecule has 11 nitrogen and oxygen atoms in total. The predicted molar refractivity (Wildman–Crippen MR) is 137 cm³/mol. The Morgan fingerprint density at radius 1 is 1.00 bits per heavy atom. The first-order valence-electron chi connectivity index (χ1n) is 10.8. The van der Waals surface area contributed by atoms with Crippen LogP contribution < -0.4 is 13.9 Å². The molecule has 0 aliphatic carbocycles. The van der Waals surface area contributed by atoms with Gasteiger partial charge < -0.3 is 15.0 Å². The molecular weight excluding hydrogens is 504 g/mol. The zero-order chi connectivity index (χ0) is 25.9. The molecule has 3 aromatic rings. The van der Waals surface area contributed by atoms with Crippen molar-refractivity contribution in [3.8, 4) is 17.3 Å². The molecule has 1 saturated heterocycles. The fourth-order valence-electron chi connectivity index (χ4n) is 3.83. The normalized spacial score (nSPS) is 14.2. The van der Waals surface area contributed by atoms with Crippen LogP contribution in [0.15, 0.2) is 54.7 Å². The second kappa shape index (κ2) is 10.1. The maximum Gasteiger partial charge on any atom is 0.245 e. The first-order chi connectivity index (χ1) is 17.1. The molecular formula is C23H24N6O5S2. The highest BCUT2D eigenvalue weighted by atomic mass is 32.3. The van der Waals surface area contributed by atoms with Crippen LogP contribution >= 0.6 is 0 Å². The predicted octanol–water partition coefficient (Wildman–Crippen LogP) is 2.32. The summed E-state index contributed by atoms with van der Waals surface area (Å²) in [4.78, 5) is 11.0. The van der Waals surface area contributed by atoms with Crippen molar-refractivity contribution in [1.82, 2.24) is 9.97 Å². The van der Waals surface area contributed by atoms with Gasteiger partial charge in [-0.1, -0.05) is 6.07 Å². The first-order valence-corrected chi connectivity index (χ1v) is 14.5. The van der Waals surface area contributed by atoms with Gasteiger partial charge in [-0.05, 0) is 42.5 Å². The van der Waals surface area contributed by atoms with Crippen molar-refractivity contribution in [3.05, 3.63) is 60.3 Å². The van der Waals surface area contributed by atoms with Gasteiger partial charge in [0.05, 0.1) is 42.7 Å². The van der Waals surface area contributed by atoms with Crippen LogP contribution in [0.25, 0.3) is 11.3 Å². The van der Waals surface area contributed by atoms with E-state index in [4.69, 9.17) is 4.74 Å². The molecule has 0 amide bonds. The first kappa shape index (κ1) is 25.4. The number of aromatic nitrogens is 2. The number of hydrogen-bond donors (Lipinski definition) is 1. The van der Waals surface area contributed by atoms with Gasteiger partial charge in [-0.2, -0.15) is 8.97 Å². The highest BCUT2D eigenvalue weighted by Gasteiger charge is 2.29. The number of morpholine rings is 1. The molecule has 0 saturated carbocycles. The summed E-state index contributed by atoms with van der Waals surface area (Å²) in [5, 5.41) is 12.8. The second-order valence-corrected chi connectivity index (χ2v) is 12.0. The number of sulfonamides is 2. The lowest BCUT2D eigenvalue weighted by atomic mass is 10.1. The van der Waals surface area contributed by atoms with Crippen molar-refractivity contribution < 1.29 is 21.6 Å². The van der Waals surface area contributed by atoms with Gasteiger partial charge in [0.2, 0.25) is 26.0 Å². The average Bonchev–Trinajstić information content (AvgIpc) is 2.84. The second-order valence-electron chi connectivity index (χ2n) is 8.10. The molecule has 0 atom stereocenters. The van der Waals surface area contributed by atoms with E-state index >= 15 is 0 Å². The SMILES string of the molecule is CS(=O)(=O)N(c1ccc(-c2ccnc(Nc3ccc(N4CCOCC4)cc3)n2)cc1C#N)S(C)(=O)=O. The van der Waals surface area contributed by atoms with E-state index in [1.165, 1.54) is 18.2 Å². The van der Waals surface area contributed by atoms with Gasteiger partial charge in [-0.15, -0.1) is 0 Å². The summed E-state index contributed by atoms with van der Waals surface area (Å²) in [5.41, 5.74) is 2.46. The number of anilines is 4. The van der Waals surface area contributed by atoms with Crippen molar-refractivity contribution in [2.75, 3.05) is 52.7 Å². The summed E-state index contributed by atoms with van der Waals surface area (Å²) in [5.74, 6) is 0.322. The molecule has 1 aliphatic heterocycles. The molecule has 13 heteroatoms. The quantitative estimate of drug-likeness (QED) is 0.485. The van der Waals surface area contributed by atoms with Crippen LogP contribution in [0.2, 0.25) is 0 Å². The molecule has 1 aromatic heterocycles. The minimum absolute atomic E-state index is 0.129. The van der Waals surface area contributed by atoms with Crippen molar-refractivity contribution in [3.63, 3.8) is 0 Å². The fourth-order valence-corrected chi connectivity index (χ4v) is 6.83. The molecule has 2 heterocycles. The van der Waals surface area contributed by atoms with Crippen LogP contribution in [0.4, 0.5) is 23.0 Å². The van der Waals surface area contributed by atoms with E-state index in [-0.39, 0.29) is 15.0 Å². The van der Waals surface area contributed by atoms with Crippen LogP contribution in [-0.2, 0) is 24.8 Å². The lowest BCUT2D eigenvalue weighted by molar-refractivity contribution is 0.122. The number of rotatable bonds is 7. The largest absolute Gasteiger partial charge is 0.378 e. The van der Waals surface area contributed by atoms with E-state index in [0.717, 1.165) is 37.0 Å². The minimum atomic E-state index is -4.19. The Labute approximate surface area is 210 Å². The van der Waals surface area contributed by atoms with E-state index in [9.17, 15) is 22.1 Å². The van der Waals surface area contributed by atoms with Crippen molar-refractivity contribution in [1.29, 1.82) is 5.26 Å². The van der Waals surface area contributed by atoms with Gasteiger partial charge >= 0.3 is 0 Å². The van der Waals surface area contributed by atoms with Crippen molar-refractivity contribution in [2.24, 2.45) is 0 Å². The van der Waals surface area contributed by atoms with Gasteiger partial charge in [0, 0.05) is 36.2 Å². The van der Waals surface area contributed by atoms with Crippen molar-refractivity contribution >= 4 is 43.1 Å². The number of nitrogens with one attached hydrogen (secondary N) is 1. The Morgan fingerprint density at radius 3 is 2.28 bits per heavy atom. The molecule has 36 heavy (non-hydrogen) atoms. The van der Waals surface area contributed by atoms with Crippen LogP contribution in [0.3, 0.4) is 0 Å². The van der Waals surface area contributed by atoms with E-state index in [1.54, 1.807) is 12.3 Å². The lowest BCUT2D eigenvalue weighted by Gasteiger charge is -2.28. The smallest absolute Gasteiger partial charge is 0.245 e. The molecule has 188 valence electrons. The summed E-state index contributed by atoms with van der Waals surface area (Å²) in [6.45, 7) is 3.09. The topological polar surface area (TPSA) is 146 Å². The van der Waals surface area contributed by atoms with E-state index < -0.39 is 20.0 Å². The van der Waals surface area contributed by atoms with Crippen LogP contribution in [0.1, 0.15) is 5.56 Å². The molecule has 1 aliphatic rings. The van der Waals surface area contributed by atoms with E-state index in [1.807, 2.05) is 30.3 Å².